The van der Waals surface area contributed by atoms with Gasteiger partial charge in [-0.05, 0) is 43.7 Å². The molecule has 0 aromatic heterocycles. The summed E-state index contributed by atoms with van der Waals surface area (Å²) in [6.07, 6.45) is -0.0163. The zero-order valence-corrected chi connectivity index (χ0v) is 20.8. The van der Waals surface area contributed by atoms with Crippen molar-refractivity contribution in [2.45, 2.75) is 26.5 Å². The molecule has 0 radical (unpaired) electrons. The van der Waals surface area contributed by atoms with E-state index >= 15 is 0 Å². The second-order valence-electron chi connectivity index (χ2n) is 6.58. The van der Waals surface area contributed by atoms with Crippen molar-refractivity contribution in [1.82, 2.24) is 10.6 Å². The van der Waals surface area contributed by atoms with Gasteiger partial charge in [0.2, 0.25) is 5.75 Å². The van der Waals surface area contributed by atoms with Crippen molar-refractivity contribution in [1.29, 1.82) is 0 Å². The quantitative estimate of drug-likeness (QED) is 0.293. The van der Waals surface area contributed by atoms with Crippen LogP contribution >= 0.6 is 24.0 Å². The lowest BCUT2D eigenvalue weighted by Gasteiger charge is -2.18. The molecule has 1 unspecified atom stereocenters. The maximum absolute atomic E-state index is 5.92. The van der Waals surface area contributed by atoms with Crippen molar-refractivity contribution < 1.29 is 18.9 Å². The molecule has 30 heavy (non-hydrogen) atoms. The minimum Gasteiger partial charge on any atom is -0.493 e. The fraction of sp³-hybridized carbons (Fsp3) is 0.409. The molecule has 0 bridgehead atoms. The van der Waals surface area contributed by atoms with Crippen molar-refractivity contribution in [3.8, 4) is 23.0 Å². The normalized spacial score (nSPS) is 11.7. The van der Waals surface area contributed by atoms with Crippen LogP contribution in [-0.2, 0) is 6.54 Å². The Morgan fingerprint density at radius 2 is 1.57 bits per heavy atom. The highest BCUT2D eigenvalue weighted by molar-refractivity contribution is 14.0. The Hall–Kier alpha value is -2.36. The largest absolute Gasteiger partial charge is 0.493 e. The summed E-state index contributed by atoms with van der Waals surface area (Å²) < 4.78 is 22.1. The second-order valence-corrected chi connectivity index (χ2v) is 6.58. The van der Waals surface area contributed by atoms with Crippen LogP contribution in [0.3, 0.4) is 0 Å². The number of hydrogen-bond donors (Lipinski definition) is 2. The topological polar surface area (TPSA) is 73.3 Å². The summed E-state index contributed by atoms with van der Waals surface area (Å²) in [5, 5.41) is 6.56. The smallest absolute Gasteiger partial charge is 0.203 e. The third-order valence-corrected chi connectivity index (χ3v) is 4.32. The van der Waals surface area contributed by atoms with Gasteiger partial charge in [0.25, 0.3) is 0 Å². The first-order valence-corrected chi connectivity index (χ1v) is 9.47. The molecule has 2 N–H and O–H groups in total. The van der Waals surface area contributed by atoms with Gasteiger partial charge < -0.3 is 29.6 Å². The molecule has 8 heteroatoms. The van der Waals surface area contributed by atoms with Crippen LogP contribution in [0.4, 0.5) is 0 Å². The fourth-order valence-corrected chi connectivity index (χ4v) is 2.78. The van der Waals surface area contributed by atoms with Gasteiger partial charge in [-0.15, -0.1) is 24.0 Å². The molecular formula is C22H32IN3O4. The lowest BCUT2D eigenvalue weighted by atomic mass is 10.2. The zero-order chi connectivity index (χ0) is 21.2. The predicted molar refractivity (Wildman–Crippen MR) is 131 cm³/mol. The highest BCUT2D eigenvalue weighted by Crippen LogP contribution is 2.38. The molecule has 166 valence electrons. The van der Waals surface area contributed by atoms with Crippen LogP contribution in [0.5, 0.6) is 23.0 Å². The number of methoxy groups -OCH3 is 3. The lowest BCUT2D eigenvalue weighted by Crippen LogP contribution is -2.41. The molecule has 7 nitrogen and oxygen atoms in total. The van der Waals surface area contributed by atoms with Gasteiger partial charge in [-0.3, -0.25) is 4.99 Å². The van der Waals surface area contributed by atoms with Crippen LogP contribution in [0.15, 0.2) is 41.4 Å². The van der Waals surface area contributed by atoms with E-state index in [0.29, 0.717) is 36.3 Å². The van der Waals surface area contributed by atoms with E-state index in [0.717, 1.165) is 11.3 Å². The van der Waals surface area contributed by atoms with Crippen molar-refractivity contribution in [2.24, 2.45) is 4.99 Å². The fourth-order valence-electron chi connectivity index (χ4n) is 2.78. The molecule has 0 aliphatic carbocycles. The van der Waals surface area contributed by atoms with Crippen molar-refractivity contribution in [3.63, 3.8) is 0 Å². The van der Waals surface area contributed by atoms with Crippen LogP contribution in [-0.4, -0.2) is 47.0 Å². The highest BCUT2D eigenvalue weighted by Gasteiger charge is 2.13. The Kier molecular flexibility index (Phi) is 11.2. The van der Waals surface area contributed by atoms with Gasteiger partial charge in [-0.25, -0.2) is 0 Å². The summed E-state index contributed by atoms with van der Waals surface area (Å²) in [5.74, 6) is 3.34. The van der Waals surface area contributed by atoms with Crippen LogP contribution in [0, 0.1) is 6.92 Å². The number of rotatable bonds is 9. The van der Waals surface area contributed by atoms with E-state index in [1.54, 1.807) is 28.4 Å². The van der Waals surface area contributed by atoms with Crippen molar-refractivity contribution >= 4 is 29.9 Å². The number of halogens is 1. The first-order valence-electron chi connectivity index (χ1n) is 9.47. The Labute approximate surface area is 196 Å². The average molecular weight is 529 g/mol. The van der Waals surface area contributed by atoms with Crippen LogP contribution < -0.4 is 29.6 Å². The number of benzene rings is 2. The molecule has 0 aliphatic heterocycles. The molecule has 0 fully saturated rings. The Balaban J connectivity index is 0.00000450. The van der Waals surface area contributed by atoms with Gasteiger partial charge >= 0.3 is 0 Å². The van der Waals surface area contributed by atoms with Crippen molar-refractivity contribution in [2.75, 3.05) is 34.9 Å². The Morgan fingerprint density at radius 3 is 2.07 bits per heavy atom. The standard InChI is InChI=1S/C22H31N3O4.HI/c1-15-7-9-18(10-8-15)29-16(2)13-24-22(23-3)25-14-17-11-19(26-4)21(28-6)20(12-17)27-5;/h7-12,16H,13-14H2,1-6H3,(H2,23,24,25);1H. The number of guanidine groups is 1. The third-order valence-electron chi connectivity index (χ3n) is 4.32. The van der Waals surface area contributed by atoms with Crippen LogP contribution in [0.2, 0.25) is 0 Å². The zero-order valence-electron chi connectivity index (χ0n) is 18.4. The third kappa shape index (κ3) is 7.47. The molecule has 0 aliphatic rings. The first-order chi connectivity index (χ1) is 14.0. The summed E-state index contributed by atoms with van der Waals surface area (Å²) >= 11 is 0. The van der Waals surface area contributed by atoms with E-state index in [-0.39, 0.29) is 30.1 Å². The summed E-state index contributed by atoms with van der Waals surface area (Å²) in [4.78, 5) is 4.26. The minimum absolute atomic E-state index is 0. The van der Waals surface area contributed by atoms with Gasteiger partial charge in [-0.1, -0.05) is 17.7 Å². The molecule has 2 aromatic carbocycles. The molecular weight excluding hydrogens is 497 g/mol. The van der Waals surface area contributed by atoms with Gasteiger partial charge in [0.05, 0.1) is 27.9 Å². The molecule has 0 heterocycles. The number of nitrogens with one attached hydrogen (secondary N) is 2. The molecule has 0 saturated heterocycles. The van der Waals surface area contributed by atoms with E-state index in [1.807, 2.05) is 43.3 Å². The molecule has 2 aromatic rings. The van der Waals surface area contributed by atoms with Gasteiger partial charge in [0.15, 0.2) is 17.5 Å². The molecule has 1 atom stereocenters. The SMILES string of the molecule is CN=C(NCc1cc(OC)c(OC)c(OC)c1)NCC(C)Oc1ccc(C)cc1.I. The molecule has 2 rings (SSSR count). The molecule has 0 spiro atoms. The number of hydrogen-bond acceptors (Lipinski definition) is 5. The Morgan fingerprint density at radius 1 is 0.967 bits per heavy atom. The van der Waals surface area contributed by atoms with E-state index in [4.69, 9.17) is 18.9 Å². The monoisotopic (exact) mass is 529 g/mol. The summed E-state index contributed by atoms with van der Waals surface area (Å²) in [5.41, 5.74) is 2.19. The number of aryl methyl sites for hydroxylation is 1. The van der Waals surface area contributed by atoms with E-state index in [1.165, 1.54) is 5.56 Å². The minimum atomic E-state index is -0.0163. The number of nitrogens with zero attached hydrogens (tertiary/aromatic N) is 1. The summed E-state index contributed by atoms with van der Waals surface area (Å²) in [6, 6.07) is 11.8. The Bertz CT molecular complexity index is 788. The highest BCUT2D eigenvalue weighted by atomic mass is 127. The predicted octanol–water partition coefficient (Wildman–Crippen LogP) is 3.77. The van der Waals surface area contributed by atoms with Gasteiger partial charge in [0, 0.05) is 13.6 Å². The summed E-state index contributed by atoms with van der Waals surface area (Å²) in [7, 11) is 6.52. The molecule has 0 saturated carbocycles. The maximum Gasteiger partial charge on any atom is 0.203 e. The van der Waals surface area contributed by atoms with Gasteiger partial charge in [0.1, 0.15) is 11.9 Å². The van der Waals surface area contributed by atoms with E-state index < -0.39 is 0 Å². The van der Waals surface area contributed by atoms with E-state index in [9.17, 15) is 0 Å². The number of aliphatic imine (C=N–C) groups is 1. The number of ether oxygens (including phenoxy) is 4. The van der Waals surface area contributed by atoms with Crippen LogP contribution in [0.1, 0.15) is 18.1 Å². The van der Waals surface area contributed by atoms with Crippen molar-refractivity contribution in [3.05, 3.63) is 47.5 Å². The first kappa shape index (κ1) is 25.7. The average Bonchev–Trinajstić information content (AvgIpc) is 2.74. The maximum atomic E-state index is 5.92. The molecule has 0 amide bonds. The van der Waals surface area contributed by atoms with E-state index in [2.05, 4.69) is 22.5 Å². The lowest BCUT2D eigenvalue weighted by molar-refractivity contribution is 0.224. The van der Waals surface area contributed by atoms with Gasteiger partial charge in [-0.2, -0.15) is 0 Å². The second kappa shape index (κ2) is 13.0. The van der Waals surface area contributed by atoms with Crippen LogP contribution in [0.25, 0.3) is 0 Å². The summed E-state index contributed by atoms with van der Waals surface area (Å²) in [6.45, 7) is 5.23.